The molecule has 3 rings (SSSR count). The van der Waals surface area contributed by atoms with Crippen LogP contribution in [0.1, 0.15) is 25.3 Å². The van der Waals surface area contributed by atoms with Gasteiger partial charge in [-0.15, -0.1) is 0 Å². The third-order valence-corrected chi connectivity index (χ3v) is 3.76. The van der Waals surface area contributed by atoms with Crippen LogP contribution in [0, 0.1) is 5.92 Å². The van der Waals surface area contributed by atoms with Gasteiger partial charge in [0.05, 0.1) is 6.42 Å². The number of hydrogen-bond donors (Lipinski definition) is 0. The fourth-order valence-electron chi connectivity index (χ4n) is 2.71. The van der Waals surface area contributed by atoms with E-state index in [0.717, 1.165) is 36.2 Å². The third-order valence-electron chi connectivity index (χ3n) is 3.76. The Morgan fingerprint density at radius 1 is 1.53 bits per heavy atom. The first kappa shape index (κ1) is 12.2. The molecule has 2 heterocycles. The van der Waals surface area contributed by atoms with Gasteiger partial charge >= 0.3 is 0 Å². The van der Waals surface area contributed by atoms with Gasteiger partial charge in [-0.1, -0.05) is 13.0 Å². The lowest BCUT2D eigenvalue weighted by Gasteiger charge is -2.31. The van der Waals surface area contributed by atoms with Crippen molar-refractivity contribution >= 4 is 17.0 Å². The van der Waals surface area contributed by atoms with Crippen molar-refractivity contribution in [3.05, 3.63) is 30.2 Å². The predicted octanol–water partition coefficient (Wildman–Crippen LogP) is 2.63. The quantitative estimate of drug-likeness (QED) is 0.832. The third kappa shape index (κ3) is 2.62. The van der Waals surface area contributed by atoms with Crippen molar-refractivity contribution in [3.8, 4) is 0 Å². The summed E-state index contributed by atoms with van der Waals surface area (Å²) in [4.78, 5) is 18.3. The number of oxazole rings is 1. The fraction of sp³-hybridized carbons (Fsp3) is 0.467. The summed E-state index contributed by atoms with van der Waals surface area (Å²) in [6.07, 6.45) is 4.23. The number of fused-ring (bicyclic) bond motifs is 1. The van der Waals surface area contributed by atoms with E-state index in [4.69, 9.17) is 4.42 Å². The van der Waals surface area contributed by atoms with Gasteiger partial charge in [0.15, 0.2) is 12.0 Å². The summed E-state index contributed by atoms with van der Waals surface area (Å²) in [7, 11) is 0. The molecule has 4 nitrogen and oxygen atoms in total. The van der Waals surface area contributed by atoms with Crippen LogP contribution < -0.4 is 0 Å². The van der Waals surface area contributed by atoms with E-state index in [-0.39, 0.29) is 5.91 Å². The molecule has 1 amide bonds. The summed E-state index contributed by atoms with van der Waals surface area (Å²) in [6, 6.07) is 5.77. The molecule has 1 saturated heterocycles. The molecule has 1 atom stereocenters. The second-order valence-corrected chi connectivity index (χ2v) is 5.42. The maximum absolute atomic E-state index is 12.3. The molecule has 1 aliphatic rings. The Hall–Kier alpha value is -1.84. The number of carbonyl (C=O) groups is 1. The molecule has 2 aromatic rings. The Balaban J connectivity index is 1.71. The molecule has 19 heavy (non-hydrogen) atoms. The summed E-state index contributed by atoms with van der Waals surface area (Å²) in [6.45, 7) is 4.00. The highest BCUT2D eigenvalue weighted by molar-refractivity contribution is 5.81. The van der Waals surface area contributed by atoms with Crippen LogP contribution in [-0.4, -0.2) is 28.9 Å². The van der Waals surface area contributed by atoms with E-state index in [2.05, 4.69) is 11.9 Å². The molecule has 0 radical (unpaired) electrons. The van der Waals surface area contributed by atoms with E-state index < -0.39 is 0 Å². The number of piperidine rings is 1. The first-order valence-electron chi connectivity index (χ1n) is 6.82. The van der Waals surface area contributed by atoms with Gasteiger partial charge in [-0.05, 0) is 36.5 Å². The van der Waals surface area contributed by atoms with Crippen molar-refractivity contribution < 1.29 is 9.21 Å². The smallest absolute Gasteiger partial charge is 0.227 e. The summed E-state index contributed by atoms with van der Waals surface area (Å²) in [5, 5.41) is 0. The maximum atomic E-state index is 12.3. The van der Waals surface area contributed by atoms with Gasteiger partial charge in [0.2, 0.25) is 5.91 Å². The van der Waals surface area contributed by atoms with Gasteiger partial charge in [0.25, 0.3) is 0 Å². The van der Waals surface area contributed by atoms with Gasteiger partial charge in [0, 0.05) is 13.1 Å². The molecule has 0 saturated carbocycles. The lowest BCUT2D eigenvalue weighted by Crippen LogP contribution is -2.39. The van der Waals surface area contributed by atoms with E-state index in [9.17, 15) is 4.79 Å². The molecule has 1 fully saturated rings. The lowest BCUT2D eigenvalue weighted by molar-refractivity contribution is -0.132. The van der Waals surface area contributed by atoms with E-state index in [1.165, 1.54) is 12.8 Å². The standard InChI is InChI=1S/C15H18N2O2/c1-11-3-2-6-17(9-11)15(18)8-12-4-5-13-14(7-12)19-10-16-13/h4-5,7,10-11H,2-3,6,8-9H2,1H3. The highest BCUT2D eigenvalue weighted by atomic mass is 16.3. The molecule has 100 valence electrons. The van der Waals surface area contributed by atoms with Crippen molar-refractivity contribution in [2.45, 2.75) is 26.2 Å². The van der Waals surface area contributed by atoms with Gasteiger partial charge in [0.1, 0.15) is 5.52 Å². The number of likely N-dealkylation sites (tertiary alicyclic amines) is 1. The average Bonchev–Trinajstić information content (AvgIpc) is 2.86. The van der Waals surface area contributed by atoms with Gasteiger partial charge in [-0.3, -0.25) is 4.79 Å². The van der Waals surface area contributed by atoms with Crippen molar-refractivity contribution in [2.75, 3.05) is 13.1 Å². The number of nitrogens with zero attached hydrogens (tertiary/aromatic N) is 2. The number of aromatic nitrogens is 1. The minimum absolute atomic E-state index is 0.213. The van der Waals surface area contributed by atoms with Crippen molar-refractivity contribution in [1.82, 2.24) is 9.88 Å². The number of hydrogen-bond acceptors (Lipinski definition) is 3. The first-order chi connectivity index (χ1) is 9.22. The monoisotopic (exact) mass is 258 g/mol. The zero-order valence-electron chi connectivity index (χ0n) is 11.1. The minimum Gasteiger partial charge on any atom is -0.443 e. The Labute approximate surface area is 112 Å². The largest absolute Gasteiger partial charge is 0.443 e. The number of benzene rings is 1. The van der Waals surface area contributed by atoms with Crippen molar-refractivity contribution in [3.63, 3.8) is 0 Å². The minimum atomic E-state index is 0.213. The Bertz CT molecular complexity index is 591. The van der Waals surface area contributed by atoms with E-state index in [1.54, 1.807) is 0 Å². The molecule has 0 bridgehead atoms. The number of amides is 1. The summed E-state index contributed by atoms with van der Waals surface area (Å²) in [5.74, 6) is 0.833. The van der Waals surface area contributed by atoms with E-state index >= 15 is 0 Å². The van der Waals surface area contributed by atoms with Gasteiger partial charge < -0.3 is 9.32 Å². The molecule has 1 aromatic heterocycles. The first-order valence-corrected chi connectivity index (χ1v) is 6.82. The molecular formula is C15H18N2O2. The second-order valence-electron chi connectivity index (χ2n) is 5.42. The molecule has 0 aliphatic carbocycles. The van der Waals surface area contributed by atoms with E-state index in [1.807, 2.05) is 23.1 Å². The maximum Gasteiger partial charge on any atom is 0.227 e. The van der Waals surface area contributed by atoms with Crippen molar-refractivity contribution in [2.24, 2.45) is 5.92 Å². The topological polar surface area (TPSA) is 46.3 Å². The summed E-state index contributed by atoms with van der Waals surface area (Å²) < 4.78 is 5.27. The predicted molar refractivity (Wildman–Crippen MR) is 72.7 cm³/mol. The normalized spacial score (nSPS) is 19.8. The van der Waals surface area contributed by atoms with Gasteiger partial charge in [-0.25, -0.2) is 4.98 Å². The molecule has 1 aliphatic heterocycles. The summed E-state index contributed by atoms with van der Waals surface area (Å²) >= 11 is 0. The molecule has 0 N–H and O–H groups in total. The average molecular weight is 258 g/mol. The SMILES string of the molecule is CC1CCCN(C(=O)Cc2ccc3ncoc3c2)C1. The van der Waals surface area contributed by atoms with Crippen LogP contribution >= 0.6 is 0 Å². The van der Waals surface area contributed by atoms with Gasteiger partial charge in [-0.2, -0.15) is 0 Å². The highest BCUT2D eigenvalue weighted by Gasteiger charge is 2.20. The summed E-state index contributed by atoms with van der Waals surface area (Å²) in [5.41, 5.74) is 2.58. The second kappa shape index (κ2) is 5.03. The highest BCUT2D eigenvalue weighted by Crippen LogP contribution is 2.18. The lowest BCUT2D eigenvalue weighted by atomic mass is 9.99. The van der Waals surface area contributed by atoms with E-state index in [0.29, 0.717) is 12.3 Å². The van der Waals surface area contributed by atoms with Crippen LogP contribution in [0.3, 0.4) is 0 Å². The molecule has 1 unspecified atom stereocenters. The van der Waals surface area contributed by atoms with Crippen LogP contribution in [0.5, 0.6) is 0 Å². The molecule has 0 spiro atoms. The van der Waals surface area contributed by atoms with Crippen LogP contribution in [-0.2, 0) is 11.2 Å². The van der Waals surface area contributed by atoms with Crippen LogP contribution in [0.4, 0.5) is 0 Å². The zero-order chi connectivity index (χ0) is 13.2. The number of rotatable bonds is 2. The van der Waals surface area contributed by atoms with Crippen LogP contribution in [0.25, 0.3) is 11.1 Å². The Morgan fingerprint density at radius 3 is 3.26 bits per heavy atom. The molecular weight excluding hydrogens is 240 g/mol. The Kier molecular flexibility index (Phi) is 3.23. The van der Waals surface area contributed by atoms with Crippen molar-refractivity contribution in [1.29, 1.82) is 0 Å². The zero-order valence-corrected chi connectivity index (χ0v) is 11.1. The molecule has 4 heteroatoms. The Morgan fingerprint density at radius 2 is 2.42 bits per heavy atom. The van der Waals surface area contributed by atoms with Crippen LogP contribution in [0.2, 0.25) is 0 Å². The fourth-order valence-corrected chi connectivity index (χ4v) is 2.71. The molecule has 1 aromatic carbocycles. The number of carbonyl (C=O) groups excluding carboxylic acids is 1. The van der Waals surface area contributed by atoms with Crippen LogP contribution in [0.15, 0.2) is 29.0 Å².